The second-order valence-electron chi connectivity index (χ2n) is 5.37. The number of carboxylic acids is 1. The molecule has 3 nitrogen and oxygen atoms in total. The minimum atomic E-state index is -0.817. The third-order valence-electron chi connectivity index (χ3n) is 3.29. The van der Waals surface area contributed by atoms with Crippen LogP contribution in [0.15, 0.2) is 48.5 Å². The maximum Gasteiger partial charge on any atom is 0.307 e. The molecule has 0 saturated carbocycles. The molecule has 0 saturated heterocycles. The van der Waals surface area contributed by atoms with Crippen LogP contribution in [0.25, 0.3) is 0 Å². The normalized spacial score (nSPS) is 10.6. The molecule has 0 amide bonds. The number of carbonyl (C=O) groups is 1. The monoisotopic (exact) mass is 284 g/mol. The summed E-state index contributed by atoms with van der Waals surface area (Å²) in [7, 11) is 0. The first kappa shape index (κ1) is 15.1. The van der Waals surface area contributed by atoms with Gasteiger partial charge in [0, 0.05) is 0 Å². The molecule has 0 fully saturated rings. The molecule has 3 heteroatoms. The van der Waals surface area contributed by atoms with E-state index < -0.39 is 5.97 Å². The van der Waals surface area contributed by atoms with Gasteiger partial charge in [-0.1, -0.05) is 56.3 Å². The van der Waals surface area contributed by atoms with Crippen molar-refractivity contribution in [1.82, 2.24) is 0 Å². The van der Waals surface area contributed by atoms with Gasteiger partial charge >= 0.3 is 5.97 Å². The van der Waals surface area contributed by atoms with Gasteiger partial charge in [0.1, 0.15) is 12.4 Å². The quantitative estimate of drug-likeness (QED) is 0.871. The SMILES string of the molecule is CC(C)c1cc(CC(=O)O)ccc1OCc1ccccc1. The van der Waals surface area contributed by atoms with Gasteiger partial charge in [0.25, 0.3) is 0 Å². The van der Waals surface area contributed by atoms with Crippen LogP contribution in [0.5, 0.6) is 5.75 Å². The largest absolute Gasteiger partial charge is 0.489 e. The van der Waals surface area contributed by atoms with Gasteiger partial charge in [-0.15, -0.1) is 0 Å². The molecule has 0 aliphatic heterocycles. The van der Waals surface area contributed by atoms with Crippen LogP contribution in [0, 0.1) is 0 Å². The molecule has 0 unspecified atom stereocenters. The van der Waals surface area contributed by atoms with E-state index in [9.17, 15) is 4.79 Å². The summed E-state index contributed by atoms with van der Waals surface area (Å²) in [6, 6.07) is 15.6. The van der Waals surface area contributed by atoms with Crippen LogP contribution in [0.4, 0.5) is 0 Å². The molecule has 0 aromatic heterocycles. The number of ether oxygens (including phenoxy) is 1. The van der Waals surface area contributed by atoms with Crippen LogP contribution in [-0.2, 0) is 17.8 Å². The van der Waals surface area contributed by atoms with Crippen molar-refractivity contribution in [1.29, 1.82) is 0 Å². The average molecular weight is 284 g/mol. The summed E-state index contributed by atoms with van der Waals surface area (Å²) in [5, 5.41) is 8.89. The van der Waals surface area contributed by atoms with E-state index in [-0.39, 0.29) is 12.3 Å². The highest BCUT2D eigenvalue weighted by atomic mass is 16.5. The van der Waals surface area contributed by atoms with Gasteiger partial charge in [0.2, 0.25) is 0 Å². The first-order chi connectivity index (χ1) is 10.1. The van der Waals surface area contributed by atoms with Crippen molar-refractivity contribution in [2.45, 2.75) is 32.8 Å². The van der Waals surface area contributed by atoms with E-state index in [2.05, 4.69) is 13.8 Å². The summed E-state index contributed by atoms with van der Waals surface area (Å²) in [6.45, 7) is 4.67. The van der Waals surface area contributed by atoms with Crippen LogP contribution in [-0.4, -0.2) is 11.1 Å². The van der Waals surface area contributed by atoms with Crippen LogP contribution in [0.3, 0.4) is 0 Å². The van der Waals surface area contributed by atoms with E-state index in [4.69, 9.17) is 9.84 Å². The molecule has 2 aromatic carbocycles. The van der Waals surface area contributed by atoms with Crippen LogP contribution < -0.4 is 4.74 Å². The van der Waals surface area contributed by atoms with Gasteiger partial charge in [0.05, 0.1) is 6.42 Å². The Morgan fingerprint density at radius 2 is 1.81 bits per heavy atom. The Morgan fingerprint density at radius 1 is 1.10 bits per heavy atom. The van der Waals surface area contributed by atoms with Crippen molar-refractivity contribution < 1.29 is 14.6 Å². The fourth-order valence-electron chi connectivity index (χ4n) is 2.20. The Labute approximate surface area is 125 Å². The summed E-state index contributed by atoms with van der Waals surface area (Å²) >= 11 is 0. The molecule has 21 heavy (non-hydrogen) atoms. The smallest absolute Gasteiger partial charge is 0.307 e. The van der Waals surface area contributed by atoms with E-state index in [1.165, 1.54) is 0 Å². The molecule has 0 bridgehead atoms. The van der Waals surface area contributed by atoms with Gasteiger partial charge < -0.3 is 9.84 Å². The number of benzene rings is 2. The number of hydrogen-bond donors (Lipinski definition) is 1. The predicted molar refractivity (Wildman–Crippen MR) is 82.6 cm³/mol. The van der Waals surface area contributed by atoms with E-state index >= 15 is 0 Å². The molecule has 0 atom stereocenters. The molecule has 0 heterocycles. The summed E-state index contributed by atoms with van der Waals surface area (Å²) in [6.07, 6.45) is 0.0404. The van der Waals surface area contributed by atoms with E-state index in [1.54, 1.807) is 0 Å². The van der Waals surface area contributed by atoms with Gasteiger partial charge in [-0.3, -0.25) is 4.79 Å². The fourth-order valence-corrected chi connectivity index (χ4v) is 2.20. The molecule has 2 rings (SSSR count). The zero-order valence-corrected chi connectivity index (χ0v) is 12.4. The minimum Gasteiger partial charge on any atom is -0.489 e. The van der Waals surface area contributed by atoms with Crippen molar-refractivity contribution in [3.8, 4) is 5.75 Å². The number of carboxylic acid groups (broad SMARTS) is 1. The second kappa shape index (κ2) is 6.93. The lowest BCUT2D eigenvalue weighted by Crippen LogP contribution is -2.04. The minimum absolute atomic E-state index is 0.0404. The highest BCUT2D eigenvalue weighted by Gasteiger charge is 2.11. The lowest BCUT2D eigenvalue weighted by molar-refractivity contribution is -0.136. The van der Waals surface area contributed by atoms with Gasteiger partial charge in [-0.25, -0.2) is 0 Å². The van der Waals surface area contributed by atoms with Crippen molar-refractivity contribution in [2.75, 3.05) is 0 Å². The highest BCUT2D eigenvalue weighted by molar-refractivity contribution is 5.70. The summed E-state index contributed by atoms with van der Waals surface area (Å²) in [5.41, 5.74) is 2.96. The van der Waals surface area contributed by atoms with E-state index in [0.717, 1.165) is 22.4 Å². The second-order valence-corrected chi connectivity index (χ2v) is 5.37. The van der Waals surface area contributed by atoms with Crippen molar-refractivity contribution in [3.63, 3.8) is 0 Å². The molecular formula is C18H20O3. The van der Waals surface area contributed by atoms with Crippen LogP contribution >= 0.6 is 0 Å². The van der Waals surface area contributed by atoms with Crippen LogP contribution in [0.1, 0.15) is 36.5 Å². The number of rotatable bonds is 6. The molecule has 110 valence electrons. The van der Waals surface area contributed by atoms with Crippen molar-refractivity contribution in [3.05, 3.63) is 65.2 Å². The number of aliphatic carboxylic acids is 1. The Bertz CT molecular complexity index is 603. The first-order valence-corrected chi connectivity index (χ1v) is 7.07. The third-order valence-corrected chi connectivity index (χ3v) is 3.29. The topological polar surface area (TPSA) is 46.5 Å². The third kappa shape index (κ3) is 4.35. The molecule has 0 radical (unpaired) electrons. The first-order valence-electron chi connectivity index (χ1n) is 7.07. The fraction of sp³-hybridized carbons (Fsp3) is 0.278. The van der Waals surface area contributed by atoms with Gasteiger partial charge in [-0.05, 0) is 28.7 Å². The molecule has 0 spiro atoms. The Hall–Kier alpha value is -2.29. The highest BCUT2D eigenvalue weighted by Crippen LogP contribution is 2.28. The van der Waals surface area contributed by atoms with E-state index in [0.29, 0.717) is 6.61 Å². The standard InChI is InChI=1S/C18H20O3/c1-13(2)16-10-15(11-18(19)20)8-9-17(16)21-12-14-6-4-3-5-7-14/h3-10,13H,11-12H2,1-2H3,(H,19,20). The van der Waals surface area contributed by atoms with Gasteiger partial charge in [0.15, 0.2) is 0 Å². The van der Waals surface area contributed by atoms with Crippen LogP contribution in [0.2, 0.25) is 0 Å². The maximum absolute atomic E-state index is 10.8. The molecule has 0 aliphatic rings. The molecule has 1 N–H and O–H groups in total. The molecule has 0 aliphatic carbocycles. The summed E-state index contributed by atoms with van der Waals surface area (Å²) in [4.78, 5) is 10.8. The summed E-state index contributed by atoms with van der Waals surface area (Å²) < 4.78 is 5.90. The van der Waals surface area contributed by atoms with Crippen molar-refractivity contribution in [2.24, 2.45) is 0 Å². The Balaban J connectivity index is 2.16. The van der Waals surface area contributed by atoms with Gasteiger partial charge in [-0.2, -0.15) is 0 Å². The lowest BCUT2D eigenvalue weighted by Gasteiger charge is -2.15. The van der Waals surface area contributed by atoms with E-state index in [1.807, 2.05) is 48.5 Å². The zero-order chi connectivity index (χ0) is 15.2. The number of hydrogen-bond acceptors (Lipinski definition) is 2. The predicted octanol–water partition coefficient (Wildman–Crippen LogP) is 4.02. The Morgan fingerprint density at radius 3 is 2.43 bits per heavy atom. The lowest BCUT2D eigenvalue weighted by atomic mass is 9.98. The summed E-state index contributed by atoms with van der Waals surface area (Å²) in [5.74, 6) is 0.287. The Kier molecular flexibility index (Phi) is 4.99. The average Bonchev–Trinajstić information content (AvgIpc) is 2.46. The maximum atomic E-state index is 10.8. The molecular weight excluding hydrogens is 264 g/mol. The molecule has 2 aromatic rings. The zero-order valence-electron chi connectivity index (χ0n) is 12.4. The van der Waals surface area contributed by atoms with Crippen molar-refractivity contribution >= 4 is 5.97 Å².